The average molecular weight is 533 g/mol. The smallest absolute Gasteiger partial charge is 0.326 e. The number of nitrogens with zero attached hydrogens (tertiary/aromatic N) is 1. The lowest BCUT2D eigenvalue weighted by Crippen LogP contribution is -2.57. The van der Waals surface area contributed by atoms with Gasteiger partial charge < -0.3 is 44.0 Å². The fourth-order valence-corrected chi connectivity index (χ4v) is 3.71. The lowest BCUT2D eigenvalue weighted by molar-refractivity contribution is -0.143. The Hall–Kier alpha value is -2.58. The molecule has 0 radical (unpaired) electrons. The molecule has 0 aliphatic carbocycles. The van der Waals surface area contributed by atoms with Crippen molar-refractivity contribution >= 4 is 41.4 Å². The second-order valence-electron chi connectivity index (χ2n) is 8.81. The zero-order valence-corrected chi connectivity index (χ0v) is 22.3. The second kappa shape index (κ2) is 18.7. The second-order valence-corrected chi connectivity index (χ2v) is 9.80. The molecule has 0 saturated heterocycles. The van der Waals surface area contributed by atoms with Crippen LogP contribution in [-0.4, -0.2) is 84.0 Å². The summed E-state index contributed by atoms with van der Waals surface area (Å²) in [7, 11) is 0. The maximum Gasteiger partial charge on any atom is 0.326 e. The number of rotatable bonds is 19. The van der Waals surface area contributed by atoms with Gasteiger partial charge in [0.05, 0.1) is 6.04 Å². The average Bonchev–Trinajstić information content (AvgIpc) is 2.81. The molecule has 0 heterocycles. The van der Waals surface area contributed by atoms with Crippen LogP contribution in [-0.2, 0) is 19.2 Å². The Morgan fingerprint density at radius 3 is 2.00 bits per heavy atom. The highest BCUT2D eigenvalue weighted by atomic mass is 32.2. The number of carboxylic acids is 1. The summed E-state index contributed by atoms with van der Waals surface area (Å²) in [5.41, 5.74) is 22.1. The van der Waals surface area contributed by atoms with E-state index < -0.39 is 47.9 Å². The first-order valence-electron chi connectivity index (χ1n) is 12.1. The van der Waals surface area contributed by atoms with Gasteiger partial charge >= 0.3 is 5.97 Å². The third-order valence-electron chi connectivity index (χ3n) is 5.36. The minimum absolute atomic E-state index is 0.0463. The predicted octanol–water partition coefficient (Wildman–Crippen LogP) is -1.56. The van der Waals surface area contributed by atoms with Crippen LogP contribution in [0.5, 0.6) is 0 Å². The van der Waals surface area contributed by atoms with Crippen molar-refractivity contribution in [3.63, 3.8) is 0 Å². The van der Waals surface area contributed by atoms with E-state index in [0.717, 1.165) is 0 Å². The molecule has 13 nitrogen and oxygen atoms in total. The Morgan fingerprint density at radius 2 is 1.47 bits per heavy atom. The number of carbonyl (C=O) groups is 4. The number of hydrogen-bond acceptors (Lipinski definition) is 8. The number of carbonyl (C=O) groups excluding carboxylic acids is 3. The van der Waals surface area contributed by atoms with Crippen molar-refractivity contribution in [1.82, 2.24) is 16.0 Å². The molecule has 0 bridgehead atoms. The molecule has 14 heteroatoms. The number of unbranched alkanes of at least 4 members (excludes halogenated alkanes) is 1. The number of thioether (sulfide) groups is 1. The number of carboxylic acid groups (broad SMARTS) is 1. The van der Waals surface area contributed by atoms with Crippen LogP contribution in [0.2, 0.25) is 0 Å². The number of nitrogens with two attached hydrogens (primary N) is 4. The lowest BCUT2D eigenvalue weighted by Gasteiger charge is -2.26. The number of guanidine groups is 1. The molecule has 36 heavy (non-hydrogen) atoms. The number of hydrogen-bond donors (Lipinski definition) is 8. The van der Waals surface area contributed by atoms with Gasteiger partial charge in [0.2, 0.25) is 17.7 Å². The van der Waals surface area contributed by atoms with Crippen LogP contribution in [0.15, 0.2) is 4.99 Å². The van der Waals surface area contributed by atoms with E-state index in [9.17, 15) is 24.3 Å². The largest absolute Gasteiger partial charge is 0.480 e. The standard InChI is InChI=1S/C22H44N8O5S/c1-13(2)17(21(34)35)30-20(33)15(8-4-5-10-23)29-19(32)16(9-12-36-3)28-18(31)14(24)7-6-11-27-22(25)26/h13-17H,4-12,23-24H2,1-3H3,(H,28,31)(H,29,32)(H,30,33)(H,34,35)(H4,25,26,27). The maximum atomic E-state index is 13.1. The number of aliphatic carboxylic acids is 1. The first-order valence-corrected chi connectivity index (χ1v) is 13.5. The SMILES string of the molecule is CSCCC(NC(=O)C(N)CCCN=C(N)N)C(=O)NC(CCCCN)C(=O)NC(C(=O)O)C(C)C. The molecule has 0 rings (SSSR count). The molecule has 0 aromatic heterocycles. The Morgan fingerprint density at radius 1 is 0.889 bits per heavy atom. The van der Waals surface area contributed by atoms with Gasteiger partial charge in [-0.2, -0.15) is 11.8 Å². The molecule has 0 aliphatic rings. The van der Waals surface area contributed by atoms with E-state index in [4.69, 9.17) is 22.9 Å². The topological polar surface area (TPSA) is 241 Å². The Bertz CT molecular complexity index is 733. The minimum Gasteiger partial charge on any atom is -0.480 e. The lowest BCUT2D eigenvalue weighted by atomic mass is 10.0. The van der Waals surface area contributed by atoms with E-state index in [1.165, 1.54) is 11.8 Å². The summed E-state index contributed by atoms with van der Waals surface area (Å²) >= 11 is 1.50. The van der Waals surface area contributed by atoms with Crippen LogP contribution in [0.3, 0.4) is 0 Å². The molecule has 0 aromatic carbocycles. The first-order chi connectivity index (χ1) is 16.9. The maximum absolute atomic E-state index is 13.1. The van der Waals surface area contributed by atoms with Crippen molar-refractivity contribution in [3.8, 4) is 0 Å². The molecule has 0 fully saturated rings. The molecule has 208 valence electrons. The van der Waals surface area contributed by atoms with E-state index >= 15 is 0 Å². The molecule has 12 N–H and O–H groups in total. The molecular weight excluding hydrogens is 488 g/mol. The first kappa shape index (κ1) is 33.4. The van der Waals surface area contributed by atoms with Gasteiger partial charge in [-0.25, -0.2) is 4.79 Å². The van der Waals surface area contributed by atoms with Crippen molar-refractivity contribution in [2.24, 2.45) is 33.8 Å². The van der Waals surface area contributed by atoms with Crippen molar-refractivity contribution in [2.45, 2.75) is 76.5 Å². The van der Waals surface area contributed by atoms with Crippen LogP contribution in [0.4, 0.5) is 0 Å². The minimum atomic E-state index is -1.16. The monoisotopic (exact) mass is 532 g/mol. The fraction of sp³-hybridized carbons (Fsp3) is 0.773. The fourth-order valence-electron chi connectivity index (χ4n) is 3.24. The van der Waals surface area contributed by atoms with Crippen molar-refractivity contribution < 1.29 is 24.3 Å². The van der Waals surface area contributed by atoms with Crippen LogP contribution in [0, 0.1) is 5.92 Å². The number of nitrogens with one attached hydrogen (secondary N) is 3. The van der Waals surface area contributed by atoms with Gasteiger partial charge in [0.15, 0.2) is 5.96 Å². The molecule has 3 amide bonds. The normalized spacial score (nSPS) is 14.3. The van der Waals surface area contributed by atoms with E-state index in [1.54, 1.807) is 13.8 Å². The summed E-state index contributed by atoms with van der Waals surface area (Å²) in [6.45, 7) is 4.09. The molecule has 0 aliphatic heterocycles. The molecule has 4 unspecified atom stereocenters. The van der Waals surface area contributed by atoms with Crippen LogP contribution in [0.25, 0.3) is 0 Å². The molecule has 0 spiro atoms. The van der Waals surface area contributed by atoms with Gasteiger partial charge in [0.1, 0.15) is 18.1 Å². The molecular formula is C22H44N8O5S. The number of amides is 3. The predicted molar refractivity (Wildman–Crippen MR) is 142 cm³/mol. The summed E-state index contributed by atoms with van der Waals surface area (Å²) in [5.74, 6) is -2.64. The van der Waals surface area contributed by atoms with E-state index in [0.29, 0.717) is 50.9 Å². The number of aliphatic imine (C=N–C) groups is 1. The van der Waals surface area contributed by atoms with Crippen LogP contribution in [0.1, 0.15) is 52.4 Å². The highest BCUT2D eigenvalue weighted by Gasteiger charge is 2.31. The van der Waals surface area contributed by atoms with Crippen LogP contribution >= 0.6 is 11.8 Å². The Labute approximate surface area is 217 Å². The quantitative estimate of drug-likeness (QED) is 0.0540. The van der Waals surface area contributed by atoms with Crippen molar-refractivity contribution in [3.05, 3.63) is 0 Å². The summed E-state index contributed by atoms with van der Waals surface area (Å²) < 4.78 is 0. The highest BCUT2D eigenvalue weighted by Crippen LogP contribution is 2.08. The van der Waals surface area contributed by atoms with E-state index in [-0.39, 0.29) is 18.3 Å². The summed E-state index contributed by atoms with van der Waals surface area (Å²) in [5, 5.41) is 17.3. The Kier molecular flexibility index (Phi) is 17.3. The third-order valence-corrected chi connectivity index (χ3v) is 6.00. The molecule has 0 aromatic rings. The molecule has 0 saturated carbocycles. The van der Waals surface area contributed by atoms with E-state index in [2.05, 4.69) is 20.9 Å². The van der Waals surface area contributed by atoms with Gasteiger partial charge in [-0.15, -0.1) is 0 Å². The molecule has 4 atom stereocenters. The van der Waals surface area contributed by atoms with E-state index in [1.807, 2.05) is 6.26 Å². The zero-order valence-electron chi connectivity index (χ0n) is 21.5. The third kappa shape index (κ3) is 14.1. The van der Waals surface area contributed by atoms with Crippen molar-refractivity contribution in [2.75, 3.05) is 25.1 Å². The van der Waals surface area contributed by atoms with Gasteiger partial charge in [-0.1, -0.05) is 13.8 Å². The summed E-state index contributed by atoms with van der Waals surface area (Å²) in [4.78, 5) is 54.0. The highest BCUT2D eigenvalue weighted by molar-refractivity contribution is 7.98. The zero-order chi connectivity index (χ0) is 27.7. The van der Waals surface area contributed by atoms with Gasteiger partial charge in [-0.05, 0) is 63.0 Å². The van der Waals surface area contributed by atoms with Gasteiger partial charge in [0, 0.05) is 6.54 Å². The summed E-state index contributed by atoms with van der Waals surface area (Å²) in [6.07, 6.45) is 4.44. The van der Waals surface area contributed by atoms with Gasteiger partial charge in [-0.3, -0.25) is 19.4 Å². The van der Waals surface area contributed by atoms with Crippen LogP contribution < -0.4 is 38.9 Å². The van der Waals surface area contributed by atoms with Gasteiger partial charge in [0.25, 0.3) is 0 Å². The Balaban J connectivity index is 5.37. The summed E-state index contributed by atoms with van der Waals surface area (Å²) in [6, 6.07) is -3.87. The van der Waals surface area contributed by atoms with Crippen molar-refractivity contribution in [1.29, 1.82) is 0 Å².